The summed E-state index contributed by atoms with van der Waals surface area (Å²) in [7, 11) is 1.62. The Kier molecular flexibility index (Phi) is 7.12. The summed E-state index contributed by atoms with van der Waals surface area (Å²) in [5.74, 6) is 1.13. The summed E-state index contributed by atoms with van der Waals surface area (Å²) in [6.45, 7) is 5.37. The first kappa shape index (κ1) is 15.0. The third kappa shape index (κ3) is 6.47. The second-order valence-electron chi connectivity index (χ2n) is 3.81. The molecule has 5 heteroatoms. The van der Waals surface area contributed by atoms with Crippen LogP contribution < -0.4 is 15.8 Å². The van der Waals surface area contributed by atoms with E-state index in [0.717, 1.165) is 17.9 Å². The van der Waals surface area contributed by atoms with Crippen LogP contribution in [0.3, 0.4) is 0 Å². The Morgan fingerprint density at radius 1 is 1.47 bits per heavy atom. The molecule has 1 aromatic carbocycles. The van der Waals surface area contributed by atoms with Crippen LogP contribution in [-0.4, -0.2) is 32.8 Å². The summed E-state index contributed by atoms with van der Waals surface area (Å²) in [5, 5.41) is 2.99. The van der Waals surface area contributed by atoms with Crippen molar-refractivity contribution >= 4 is 11.6 Å². The van der Waals surface area contributed by atoms with Crippen LogP contribution in [0.1, 0.15) is 6.42 Å². The topological polar surface area (TPSA) is 68.9 Å². The quantitative estimate of drug-likeness (QED) is 0.326. The van der Waals surface area contributed by atoms with E-state index in [1.807, 2.05) is 30.3 Å². The van der Waals surface area contributed by atoms with Crippen molar-refractivity contribution in [3.05, 3.63) is 36.9 Å². The van der Waals surface area contributed by atoms with E-state index in [0.29, 0.717) is 25.7 Å². The molecule has 0 bridgehead atoms. The molecule has 104 valence electrons. The van der Waals surface area contributed by atoms with Crippen molar-refractivity contribution in [2.45, 2.75) is 6.42 Å². The molecule has 0 amide bonds. The lowest BCUT2D eigenvalue weighted by atomic mass is 10.3. The zero-order valence-corrected chi connectivity index (χ0v) is 11.3. The lowest BCUT2D eigenvalue weighted by Gasteiger charge is -2.07. The van der Waals surface area contributed by atoms with Crippen molar-refractivity contribution in [2.75, 3.05) is 32.2 Å². The number of hydrogen-bond acceptors (Lipinski definition) is 3. The monoisotopic (exact) mass is 263 g/mol. The average molecular weight is 263 g/mol. The minimum atomic E-state index is 0.362. The van der Waals surface area contributed by atoms with Crippen molar-refractivity contribution in [3.63, 3.8) is 0 Å². The van der Waals surface area contributed by atoms with Crippen LogP contribution in [0.15, 0.2) is 41.9 Å². The van der Waals surface area contributed by atoms with Gasteiger partial charge in [0.25, 0.3) is 0 Å². The third-order valence-corrected chi connectivity index (χ3v) is 2.33. The highest BCUT2D eigenvalue weighted by atomic mass is 16.5. The molecule has 0 saturated heterocycles. The molecule has 1 rings (SSSR count). The minimum Gasteiger partial charge on any atom is -0.497 e. The summed E-state index contributed by atoms with van der Waals surface area (Å²) >= 11 is 0. The number of aliphatic imine (C=N–C) groups is 1. The SMILES string of the molecule is C=CCCOCCN=C(N)Nc1cccc(OC)c1. The van der Waals surface area contributed by atoms with Crippen molar-refractivity contribution in [3.8, 4) is 5.75 Å². The Balaban J connectivity index is 2.32. The number of nitrogens with zero attached hydrogens (tertiary/aromatic N) is 1. The van der Waals surface area contributed by atoms with Crippen LogP contribution in [0, 0.1) is 0 Å². The summed E-state index contributed by atoms with van der Waals surface area (Å²) in [6, 6.07) is 7.49. The van der Waals surface area contributed by atoms with E-state index in [9.17, 15) is 0 Å². The highest BCUT2D eigenvalue weighted by Gasteiger charge is 1.97. The molecular formula is C14H21N3O2. The zero-order chi connectivity index (χ0) is 13.9. The molecule has 0 aliphatic heterocycles. The Morgan fingerprint density at radius 2 is 2.32 bits per heavy atom. The van der Waals surface area contributed by atoms with E-state index >= 15 is 0 Å². The fourth-order valence-electron chi connectivity index (χ4n) is 1.39. The molecule has 0 heterocycles. The van der Waals surface area contributed by atoms with Gasteiger partial charge >= 0.3 is 0 Å². The molecule has 0 aliphatic rings. The lowest BCUT2D eigenvalue weighted by molar-refractivity contribution is 0.146. The van der Waals surface area contributed by atoms with Crippen LogP contribution in [0.25, 0.3) is 0 Å². The van der Waals surface area contributed by atoms with E-state index < -0.39 is 0 Å². The van der Waals surface area contributed by atoms with Crippen LogP contribution in [0.2, 0.25) is 0 Å². The highest BCUT2D eigenvalue weighted by Crippen LogP contribution is 2.16. The predicted octanol–water partition coefficient (Wildman–Crippen LogP) is 2.01. The van der Waals surface area contributed by atoms with Crippen LogP contribution in [0.4, 0.5) is 5.69 Å². The maximum atomic E-state index is 5.76. The van der Waals surface area contributed by atoms with E-state index in [1.165, 1.54) is 0 Å². The first-order valence-electron chi connectivity index (χ1n) is 6.16. The molecule has 1 aromatic rings. The van der Waals surface area contributed by atoms with Gasteiger partial charge in [0, 0.05) is 11.8 Å². The number of nitrogens with two attached hydrogens (primary N) is 1. The molecule has 0 fully saturated rings. The van der Waals surface area contributed by atoms with Gasteiger partial charge in [0.2, 0.25) is 0 Å². The van der Waals surface area contributed by atoms with Crippen molar-refractivity contribution < 1.29 is 9.47 Å². The molecule has 0 saturated carbocycles. The zero-order valence-electron chi connectivity index (χ0n) is 11.3. The number of anilines is 1. The average Bonchev–Trinajstić information content (AvgIpc) is 2.43. The smallest absolute Gasteiger partial charge is 0.193 e. The normalized spacial score (nSPS) is 11.1. The molecular weight excluding hydrogens is 242 g/mol. The molecule has 0 unspecified atom stereocenters. The molecule has 0 atom stereocenters. The first-order valence-corrected chi connectivity index (χ1v) is 6.16. The second-order valence-corrected chi connectivity index (χ2v) is 3.81. The highest BCUT2D eigenvalue weighted by molar-refractivity contribution is 5.92. The van der Waals surface area contributed by atoms with Gasteiger partial charge in [-0.1, -0.05) is 12.1 Å². The Labute approximate surface area is 114 Å². The summed E-state index contributed by atoms with van der Waals surface area (Å²) < 4.78 is 10.5. The maximum absolute atomic E-state index is 5.76. The standard InChI is InChI=1S/C14H21N3O2/c1-3-4-9-19-10-8-16-14(15)17-12-6-5-7-13(11-12)18-2/h3,5-7,11H,1,4,8-10H2,2H3,(H3,15,16,17). The maximum Gasteiger partial charge on any atom is 0.193 e. The van der Waals surface area contributed by atoms with E-state index in [2.05, 4.69) is 16.9 Å². The second kappa shape index (κ2) is 8.99. The number of rotatable bonds is 8. The molecule has 19 heavy (non-hydrogen) atoms. The Bertz CT molecular complexity index is 419. The molecule has 0 aromatic heterocycles. The predicted molar refractivity (Wildman–Crippen MR) is 78.7 cm³/mol. The van der Waals surface area contributed by atoms with Crippen LogP contribution in [0.5, 0.6) is 5.75 Å². The third-order valence-electron chi connectivity index (χ3n) is 2.33. The van der Waals surface area contributed by atoms with Gasteiger partial charge in [0.15, 0.2) is 5.96 Å². The fourth-order valence-corrected chi connectivity index (χ4v) is 1.39. The van der Waals surface area contributed by atoms with Gasteiger partial charge in [0.05, 0.1) is 26.9 Å². The number of nitrogens with one attached hydrogen (secondary N) is 1. The van der Waals surface area contributed by atoms with Crippen molar-refractivity contribution in [2.24, 2.45) is 10.7 Å². The van der Waals surface area contributed by atoms with Crippen LogP contribution in [-0.2, 0) is 4.74 Å². The Hall–Kier alpha value is -2.01. The fraction of sp³-hybridized carbons (Fsp3) is 0.357. The molecule has 5 nitrogen and oxygen atoms in total. The van der Waals surface area contributed by atoms with Gasteiger partial charge in [-0.25, -0.2) is 0 Å². The summed E-state index contributed by atoms with van der Waals surface area (Å²) in [5.41, 5.74) is 6.61. The van der Waals surface area contributed by atoms with E-state index in [-0.39, 0.29) is 0 Å². The minimum absolute atomic E-state index is 0.362. The molecule has 0 spiro atoms. The number of hydrogen-bond donors (Lipinski definition) is 2. The number of methoxy groups -OCH3 is 1. The van der Waals surface area contributed by atoms with Gasteiger partial charge < -0.3 is 20.5 Å². The van der Waals surface area contributed by atoms with Crippen molar-refractivity contribution in [1.29, 1.82) is 0 Å². The molecule has 0 radical (unpaired) electrons. The molecule has 3 N–H and O–H groups in total. The number of benzene rings is 1. The van der Waals surface area contributed by atoms with Gasteiger partial charge in [-0.05, 0) is 18.6 Å². The van der Waals surface area contributed by atoms with Gasteiger partial charge in [0.1, 0.15) is 5.75 Å². The largest absolute Gasteiger partial charge is 0.497 e. The number of guanidine groups is 1. The lowest BCUT2D eigenvalue weighted by Crippen LogP contribution is -2.23. The van der Waals surface area contributed by atoms with Gasteiger partial charge in [-0.2, -0.15) is 0 Å². The van der Waals surface area contributed by atoms with E-state index in [4.69, 9.17) is 15.2 Å². The van der Waals surface area contributed by atoms with Gasteiger partial charge in [-0.3, -0.25) is 4.99 Å². The van der Waals surface area contributed by atoms with Crippen LogP contribution >= 0.6 is 0 Å². The van der Waals surface area contributed by atoms with Gasteiger partial charge in [-0.15, -0.1) is 6.58 Å². The van der Waals surface area contributed by atoms with E-state index in [1.54, 1.807) is 7.11 Å². The number of ether oxygens (including phenoxy) is 2. The van der Waals surface area contributed by atoms with Crippen molar-refractivity contribution in [1.82, 2.24) is 0 Å². The first-order chi connectivity index (χ1) is 9.26. The summed E-state index contributed by atoms with van der Waals surface area (Å²) in [6.07, 6.45) is 2.67. The summed E-state index contributed by atoms with van der Waals surface area (Å²) in [4.78, 5) is 4.16. The Morgan fingerprint density at radius 3 is 3.05 bits per heavy atom. The molecule has 0 aliphatic carbocycles.